The van der Waals surface area contributed by atoms with Crippen molar-refractivity contribution >= 4 is 11.6 Å². The van der Waals surface area contributed by atoms with E-state index >= 15 is 0 Å². The minimum absolute atomic E-state index is 0.115. The fourth-order valence-electron chi connectivity index (χ4n) is 3.74. The maximum Gasteiger partial charge on any atom is 0.260 e. The van der Waals surface area contributed by atoms with Crippen molar-refractivity contribution in [1.82, 2.24) is 4.90 Å². The third kappa shape index (κ3) is 4.22. The number of carbonyl (C=O) groups is 1. The van der Waals surface area contributed by atoms with E-state index in [1.54, 1.807) is 0 Å². The minimum atomic E-state index is 0.115. The SMILES string of the molecule is CC1CCN(C(=O)COc2ccccc2N2CCCC(C)C2)CC1. The topological polar surface area (TPSA) is 32.8 Å². The molecular weight excluding hydrogens is 300 g/mol. The van der Waals surface area contributed by atoms with Crippen LogP contribution in [0.5, 0.6) is 5.75 Å². The van der Waals surface area contributed by atoms with Crippen molar-refractivity contribution in [2.45, 2.75) is 39.5 Å². The Morgan fingerprint density at radius 1 is 1.08 bits per heavy atom. The Kier molecular flexibility index (Phi) is 5.64. The van der Waals surface area contributed by atoms with E-state index in [0.717, 1.165) is 56.4 Å². The van der Waals surface area contributed by atoms with Gasteiger partial charge < -0.3 is 14.5 Å². The molecule has 1 aromatic rings. The highest BCUT2D eigenvalue weighted by Gasteiger charge is 2.22. The van der Waals surface area contributed by atoms with Crippen LogP contribution in [0.25, 0.3) is 0 Å². The van der Waals surface area contributed by atoms with E-state index in [0.29, 0.717) is 5.92 Å². The summed E-state index contributed by atoms with van der Waals surface area (Å²) in [5, 5.41) is 0. The zero-order chi connectivity index (χ0) is 16.9. The average molecular weight is 330 g/mol. The fourth-order valence-corrected chi connectivity index (χ4v) is 3.74. The number of carbonyl (C=O) groups excluding carboxylic acids is 1. The molecule has 4 heteroatoms. The second-order valence-corrected chi connectivity index (χ2v) is 7.51. The van der Waals surface area contributed by atoms with E-state index in [1.807, 2.05) is 17.0 Å². The van der Waals surface area contributed by atoms with Crippen molar-refractivity contribution in [3.05, 3.63) is 24.3 Å². The summed E-state index contributed by atoms with van der Waals surface area (Å²) in [6, 6.07) is 8.13. The van der Waals surface area contributed by atoms with Crippen molar-refractivity contribution in [2.75, 3.05) is 37.7 Å². The lowest BCUT2D eigenvalue weighted by molar-refractivity contribution is -0.134. The Labute approximate surface area is 145 Å². The number of anilines is 1. The van der Waals surface area contributed by atoms with Crippen molar-refractivity contribution in [2.24, 2.45) is 11.8 Å². The summed E-state index contributed by atoms with van der Waals surface area (Å²) in [4.78, 5) is 16.8. The molecule has 24 heavy (non-hydrogen) atoms. The molecule has 0 spiro atoms. The smallest absolute Gasteiger partial charge is 0.260 e. The summed E-state index contributed by atoms with van der Waals surface area (Å²) in [7, 11) is 0. The quantitative estimate of drug-likeness (QED) is 0.846. The second-order valence-electron chi connectivity index (χ2n) is 7.51. The minimum Gasteiger partial charge on any atom is -0.482 e. The number of likely N-dealkylation sites (tertiary alicyclic amines) is 1. The van der Waals surface area contributed by atoms with Gasteiger partial charge in [-0.1, -0.05) is 26.0 Å². The molecule has 0 aliphatic carbocycles. The first kappa shape index (κ1) is 17.1. The van der Waals surface area contributed by atoms with Crippen LogP contribution in [0, 0.1) is 11.8 Å². The van der Waals surface area contributed by atoms with Crippen molar-refractivity contribution in [1.29, 1.82) is 0 Å². The van der Waals surface area contributed by atoms with Gasteiger partial charge in [-0.05, 0) is 49.7 Å². The molecule has 2 aliphatic heterocycles. The normalized spacial score (nSPS) is 22.5. The van der Waals surface area contributed by atoms with Gasteiger partial charge in [0.1, 0.15) is 5.75 Å². The lowest BCUT2D eigenvalue weighted by Crippen LogP contribution is -2.40. The number of hydrogen-bond donors (Lipinski definition) is 0. The van der Waals surface area contributed by atoms with Crippen LogP contribution in [-0.2, 0) is 4.79 Å². The predicted molar refractivity (Wildman–Crippen MR) is 97.5 cm³/mol. The highest BCUT2D eigenvalue weighted by molar-refractivity contribution is 5.78. The first-order valence-electron chi connectivity index (χ1n) is 9.38. The van der Waals surface area contributed by atoms with Gasteiger partial charge in [-0.2, -0.15) is 0 Å². The molecule has 0 radical (unpaired) electrons. The number of ether oxygens (including phenoxy) is 1. The molecule has 1 atom stereocenters. The van der Waals surface area contributed by atoms with Gasteiger partial charge in [0.15, 0.2) is 6.61 Å². The number of benzene rings is 1. The van der Waals surface area contributed by atoms with Crippen LogP contribution < -0.4 is 9.64 Å². The Balaban J connectivity index is 1.60. The Morgan fingerprint density at radius 2 is 1.83 bits per heavy atom. The van der Waals surface area contributed by atoms with Crippen molar-refractivity contribution in [3.8, 4) is 5.75 Å². The van der Waals surface area contributed by atoms with Crippen LogP contribution in [-0.4, -0.2) is 43.6 Å². The third-order valence-electron chi connectivity index (χ3n) is 5.35. The number of hydrogen-bond acceptors (Lipinski definition) is 3. The molecular formula is C20H30N2O2. The summed E-state index contributed by atoms with van der Waals surface area (Å²) in [5.41, 5.74) is 1.13. The summed E-state index contributed by atoms with van der Waals surface area (Å²) in [5.74, 6) is 2.40. The molecule has 2 fully saturated rings. The molecule has 0 N–H and O–H groups in total. The Morgan fingerprint density at radius 3 is 2.58 bits per heavy atom. The second kappa shape index (κ2) is 7.91. The van der Waals surface area contributed by atoms with E-state index in [9.17, 15) is 4.79 Å². The molecule has 1 amide bonds. The summed E-state index contributed by atoms with van der Waals surface area (Å²) >= 11 is 0. The van der Waals surface area contributed by atoms with E-state index in [2.05, 4.69) is 30.9 Å². The van der Waals surface area contributed by atoms with E-state index in [1.165, 1.54) is 12.8 Å². The molecule has 4 nitrogen and oxygen atoms in total. The van der Waals surface area contributed by atoms with E-state index in [-0.39, 0.29) is 12.5 Å². The molecule has 132 valence electrons. The molecule has 0 saturated carbocycles. The van der Waals surface area contributed by atoms with Gasteiger partial charge in [-0.15, -0.1) is 0 Å². The van der Waals surface area contributed by atoms with Crippen molar-refractivity contribution < 1.29 is 9.53 Å². The van der Waals surface area contributed by atoms with Crippen LogP contribution in [0.2, 0.25) is 0 Å². The molecule has 2 saturated heterocycles. The summed E-state index contributed by atoms with van der Waals surface area (Å²) in [6.45, 7) is 8.59. The van der Waals surface area contributed by atoms with Crippen molar-refractivity contribution in [3.63, 3.8) is 0 Å². The van der Waals surface area contributed by atoms with Gasteiger partial charge in [-0.3, -0.25) is 4.79 Å². The zero-order valence-corrected chi connectivity index (χ0v) is 15.0. The lowest BCUT2D eigenvalue weighted by atomic mass is 9.99. The molecule has 2 heterocycles. The molecule has 1 unspecified atom stereocenters. The largest absolute Gasteiger partial charge is 0.482 e. The van der Waals surface area contributed by atoms with Crippen LogP contribution in [0.4, 0.5) is 5.69 Å². The molecule has 3 rings (SSSR count). The number of piperidine rings is 2. The maximum atomic E-state index is 12.4. The maximum absolute atomic E-state index is 12.4. The monoisotopic (exact) mass is 330 g/mol. The Hall–Kier alpha value is -1.71. The van der Waals surface area contributed by atoms with Crippen LogP contribution in [0.3, 0.4) is 0 Å². The zero-order valence-electron chi connectivity index (χ0n) is 15.0. The number of para-hydroxylation sites is 2. The molecule has 0 aromatic heterocycles. The van der Waals surface area contributed by atoms with E-state index < -0.39 is 0 Å². The molecule has 1 aromatic carbocycles. The van der Waals surface area contributed by atoms with E-state index in [4.69, 9.17) is 4.74 Å². The number of rotatable bonds is 4. The highest BCUT2D eigenvalue weighted by Crippen LogP contribution is 2.31. The van der Waals surface area contributed by atoms with Gasteiger partial charge in [0.2, 0.25) is 0 Å². The lowest BCUT2D eigenvalue weighted by Gasteiger charge is -2.34. The standard InChI is InChI=1S/C20H30N2O2/c1-16-9-12-21(13-10-16)20(23)15-24-19-8-4-3-7-18(19)22-11-5-6-17(2)14-22/h3-4,7-8,16-17H,5-6,9-15H2,1-2H3. The van der Waals surface area contributed by atoms with Crippen LogP contribution in [0.1, 0.15) is 39.5 Å². The first-order chi connectivity index (χ1) is 11.6. The third-order valence-corrected chi connectivity index (χ3v) is 5.35. The molecule has 2 aliphatic rings. The van der Waals surface area contributed by atoms with Crippen LogP contribution >= 0.6 is 0 Å². The van der Waals surface area contributed by atoms with Gasteiger partial charge >= 0.3 is 0 Å². The summed E-state index contributed by atoms with van der Waals surface area (Å²) in [6.07, 6.45) is 4.73. The Bertz CT molecular complexity index is 552. The molecule has 0 bridgehead atoms. The van der Waals surface area contributed by atoms with Gasteiger partial charge in [-0.25, -0.2) is 0 Å². The van der Waals surface area contributed by atoms with Gasteiger partial charge in [0.05, 0.1) is 5.69 Å². The first-order valence-corrected chi connectivity index (χ1v) is 9.38. The predicted octanol–water partition coefficient (Wildman–Crippen LogP) is 3.56. The number of nitrogens with zero attached hydrogens (tertiary/aromatic N) is 2. The summed E-state index contributed by atoms with van der Waals surface area (Å²) < 4.78 is 5.93. The highest BCUT2D eigenvalue weighted by atomic mass is 16.5. The van der Waals surface area contributed by atoms with Gasteiger partial charge in [0.25, 0.3) is 5.91 Å². The van der Waals surface area contributed by atoms with Crippen LogP contribution in [0.15, 0.2) is 24.3 Å². The van der Waals surface area contributed by atoms with Gasteiger partial charge in [0, 0.05) is 26.2 Å². The fraction of sp³-hybridized carbons (Fsp3) is 0.650. The number of amides is 1. The average Bonchev–Trinajstić information content (AvgIpc) is 2.60.